The molecule has 1 fully saturated rings. The lowest BCUT2D eigenvalue weighted by atomic mass is 10.0. The van der Waals surface area contributed by atoms with Gasteiger partial charge in [-0.2, -0.15) is 0 Å². The number of rotatable bonds is 5. The summed E-state index contributed by atoms with van der Waals surface area (Å²) in [4.78, 5) is 16.2. The maximum absolute atomic E-state index is 12.6. The highest BCUT2D eigenvalue weighted by Crippen LogP contribution is 2.29. The van der Waals surface area contributed by atoms with Crippen LogP contribution in [0.2, 0.25) is 5.02 Å². The minimum atomic E-state index is -0.0974. The Balaban J connectivity index is 1.75. The molecular weight excluding hydrogens is 344 g/mol. The van der Waals surface area contributed by atoms with Gasteiger partial charge in [0.05, 0.1) is 19.3 Å². The van der Waals surface area contributed by atoms with E-state index in [-0.39, 0.29) is 18.0 Å². The predicted octanol–water partition coefficient (Wildman–Crippen LogP) is 3.59. The first-order chi connectivity index (χ1) is 11.6. The van der Waals surface area contributed by atoms with Gasteiger partial charge in [0.1, 0.15) is 0 Å². The second kappa shape index (κ2) is 8.12. The molecule has 0 aliphatic carbocycles. The van der Waals surface area contributed by atoms with Crippen LogP contribution in [0.15, 0.2) is 41.8 Å². The largest absolute Gasteiger partial charge is 0.379 e. The molecule has 0 spiro atoms. The van der Waals surface area contributed by atoms with Gasteiger partial charge in [0.2, 0.25) is 0 Å². The van der Waals surface area contributed by atoms with Crippen LogP contribution in [0.1, 0.15) is 28.2 Å². The Hall–Kier alpha value is -1.40. The van der Waals surface area contributed by atoms with Crippen molar-refractivity contribution < 1.29 is 9.53 Å². The molecule has 0 unspecified atom stereocenters. The van der Waals surface area contributed by atoms with Crippen LogP contribution in [0.4, 0.5) is 0 Å². The number of carbonyl (C=O) groups is 1. The quantitative estimate of drug-likeness (QED) is 0.881. The van der Waals surface area contributed by atoms with E-state index in [1.165, 1.54) is 4.88 Å². The molecule has 1 aliphatic heterocycles. The molecule has 24 heavy (non-hydrogen) atoms. The van der Waals surface area contributed by atoms with Crippen LogP contribution in [0, 0.1) is 0 Å². The minimum Gasteiger partial charge on any atom is -0.379 e. The van der Waals surface area contributed by atoms with Gasteiger partial charge in [0, 0.05) is 34.6 Å². The highest BCUT2D eigenvalue weighted by Gasteiger charge is 2.29. The van der Waals surface area contributed by atoms with Gasteiger partial charge in [-0.1, -0.05) is 23.7 Å². The number of morpholine rings is 1. The number of carbonyl (C=O) groups excluding carboxylic acids is 1. The molecule has 1 N–H and O–H groups in total. The fourth-order valence-electron chi connectivity index (χ4n) is 3.06. The molecule has 1 aromatic heterocycles. The second-order valence-corrected chi connectivity index (χ2v) is 7.30. The third-order valence-electron chi connectivity index (χ3n) is 4.19. The summed E-state index contributed by atoms with van der Waals surface area (Å²) in [5.41, 5.74) is 0.584. The van der Waals surface area contributed by atoms with Gasteiger partial charge in [-0.3, -0.25) is 9.69 Å². The fraction of sp³-hybridized carbons (Fsp3) is 0.389. The first-order valence-corrected chi connectivity index (χ1v) is 9.32. The highest BCUT2D eigenvalue weighted by atomic mass is 35.5. The van der Waals surface area contributed by atoms with Crippen LogP contribution in [0.5, 0.6) is 0 Å². The zero-order valence-corrected chi connectivity index (χ0v) is 15.1. The maximum atomic E-state index is 12.6. The molecule has 1 aliphatic rings. The first-order valence-electron chi connectivity index (χ1n) is 8.07. The molecule has 0 bridgehead atoms. The van der Waals surface area contributed by atoms with Crippen molar-refractivity contribution in [3.63, 3.8) is 0 Å². The van der Waals surface area contributed by atoms with Crippen molar-refractivity contribution in [1.29, 1.82) is 0 Å². The van der Waals surface area contributed by atoms with E-state index < -0.39 is 0 Å². The van der Waals surface area contributed by atoms with Crippen LogP contribution in [0.3, 0.4) is 0 Å². The van der Waals surface area contributed by atoms with Crippen molar-refractivity contribution in [2.24, 2.45) is 0 Å². The molecule has 1 aromatic carbocycles. The predicted molar refractivity (Wildman–Crippen MR) is 97.8 cm³/mol. The second-order valence-electron chi connectivity index (χ2n) is 5.88. The molecule has 3 rings (SSSR count). The molecule has 128 valence electrons. The number of halogens is 1. The van der Waals surface area contributed by atoms with Crippen molar-refractivity contribution in [1.82, 2.24) is 10.2 Å². The molecule has 2 atom stereocenters. The third kappa shape index (κ3) is 4.16. The van der Waals surface area contributed by atoms with Crippen LogP contribution in [-0.4, -0.2) is 43.2 Å². The van der Waals surface area contributed by atoms with E-state index in [4.69, 9.17) is 16.3 Å². The van der Waals surface area contributed by atoms with E-state index in [1.54, 1.807) is 35.6 Å². The minimum absolute atomic E-state index is 0.0202. The van der Waals surface area contributed by atoms with E-state index in [9.17, 15) is 4.79 Å². The van der Waals surface area contributed by atoms with Gasteiger partial charge in [-0.05, 0) is 36.6 Å². The fourth-order valence-corrected chi connectivity index (χ4v) is 4.21. The molecular formula is C18H21ClN2O2S. The molecule has 0 radical (unpaired) electrons. The summed E-state index contributed by atoms with van der Waals surface area (Å²) in [5.74, 6) is -0.0974. The zero-order valence-electron chi connectivity index (χ0n) is 13.6. The standard InChI is InChI=1S/C18H21ClN2O2S/c1-13(20-18(22)14-4-2-5-15(19)12-14)17(16-6-3-11-24-16)21-7-9-23-10-8-21/h2-6,11-13,17H,7-10H2,1H3,(H,20,22)/t13-,17-/m1/s1. The van der Waals surface area contributed by atoms with E-state index in [2.05, 4.69) is 34.7 Å². The average molecular weight is 365 g/mol. The van der Waals surface area contributed by atoms with Gasteiger partial charge < -0.3 is 10.1 Å². The number of nitrogens with zero attached hydrogens (tertiary/aromatic N) is 1. The van der Waals surface area contributed by atoms with E-state index in [1.807, 2.05) is 0 Å². The zero-order chi connectivity index (χ0) is 16.9. The molecule has 4 nitrogen and oxygen atoms in total. The topological polar surface area (TPSA) is 41.6 Å². The lowest BCUT2D eigenvalue weighted by Gasteiger charge is -2.37. The van der Waals surface area contributed by atoms with Crippen LogP contribution in [-0.2, 0) is 4.74 Å². The Morgan fingerprint density at radius 1 is 1.29 bits per heavy atom. The highest BCUT2D eigenvalue weighted by molar-refractivity contribution is 7.10. The normalized spacial score (nSPS) is 18.1. The molecule has 2 aromatic rings. The van der Waals surface area contributed by atoms with Gasteiger partial charge in [-0.15, -0.1) is 11.3 Å². The molecule has 0 saturated carbocycles. The third-order valence-corrected chi connectivity index (χ3v) is 5.37. The lowest BCUT2D eigenvalue weighted by Crippen LogP contribution is -2.48. The number of thiophene rings is 1. The van der Waals surface area contributed by atoms with E-state index in [0.717, 1.165) is 26.3 Å². The van der Waals surface area contributed by atoms with Crippen LogP contribution >= 0.6 is 22.9 Å². The van der Waals surface area contributed by atoms with Gasteiger partial charge in [0.25, 0.3) is 5.91 Å². The average Bonchev–Trinajstić information content (AvgIpc) is 3.10. The lowest BCUT2D eigenvalue weighted by molar-refractivity contribution is 0.00969. The smallest absolute Gasteiger partial charge is 0.251 e. The van der Waals surface area contributed by atoms with Crippen LogP contribution < -0.4 is 5.32 Å². The summed E-state index contributed by atoms with van der Waals surface area (Å²) >= 11 is 7.71. The van der Waals surface area contributed by atoms with Gasteiger partial charge >= 0.3 is 0 Å². The van der Waals surface area contributed by atoms with Crippen molar-refractivity contribution in [2.75, 3.05) is 26.3 Å². The van der Waals surface area contributed by atoms with Crippen molar-refractivity contribution in [3.05, 3.63) is 57.2 Å². The number of amides is 1. The number of hydrogen-bond acceptors (Lipinski definition) is 4. The SMILES string of the molecule is C[C@@H](NC(=O)c1cccc(Cl)c1)[C@H](c1cccs1)N1CCOCC1. The van der Waals surface area contributed by atoms with Crippen molar-refractivity contribution in [3.8, 4) is 0 Å². The summed E-state index contributed by atoms with van der Waals surface area (Å²) in [6.45, 7) is 5.27. The molecule has 2 heterocycles. The maximum Gasteiger partial charge on any atom is 0.251 e. The van der Waals surface area contributed by atoms with E-state index in [0.29, 0.717) is 10.6 Å². The number of hydrogen-bond donors (Lipinski definition) is 1. The van der Waals surface area contributed by atoms with Crippen molar-refractivity contribution in [2.45, 2.75) is 19.0 Å². The summed E-state index contributed by atoms with van der Waals surface area (Å²) < 4.78 is 5.47. The summed E-state index contributed by atoms with van der Waals surface area (Å²) in [5, 5.41) is 5.78. The Kier molecular flexibility index (Phi) is 5.89. The van der Waals surface area contributed by atoms with Crippen LogP contribution in [0.25, 0.3) is 0 Å². The van der Waals surface area contributed by atoms with Gasteiger partial charge in [0.15, 0.2) is 0 Å². The van der Waals surface area contributed by atoms with E-state index >= 15 is 0 Å². The Morgan fingerprint density at radius 3 is 2.75 bits per heavy atom. The first kappa shape index (κ1) is 17.4. The molecule has 1 amide bonds. The Bertz CT molecular complexity index is 671. The number of ether oxygens (including phenoxy) is 1. The molecule has 1 saturated heterocycles. The summed E-state index contributed by atoms with van der Waals surface area (Å²) in [6.07, 6.45) is 0. The Morgan fingerprint density at radius 2 is 2.08 bits per heavy atom. The Labute approximate surface area is 151 Å². The molecule has 6 heteroatoms. The summed E-state index contributed by atoms with van der Waals surface area (Å²) in [7, 11) is 0. The van der Waals surface area contributed by atoms with Crippen molar-refractivity contribution >= 4 is 28.8 Å². The number of benzene rings is 1. The summed E-state index contributed by atoms with van der Waals surface area (Å²) in [6, 6.07) is 11.3. The van der Waals surface area contributed by atoms with Gasteiger partial charge in [-0.25, -0.2) is 0 Å². The number of nitrogens with one attached hydrogen (secondary N) is 1. The monoisotopic (exact) mass is 364 g/mol.